The number of carbonyl (C=O) groups excluding carboxylic acids is 1. The number of aromatic nitrogens is 2. The predicted molar refractivity (Wildman–Crippen MR) is 60.0 cm³/mol. The van der Waals surface area contributed by atoms with Gasteiger partial charge in [0.1, 0.15) is 12.1 Å². The van der Waals surface area contributed by atoms with Crippen LogP contribution in [0.25, 0.3) is 0 Å². The predicted octanol–water partition coefficient (Wildman–Crippen LogP) is 1.18. The summed E-state index contributed by atoms with van der Waals surface area (Å²) in [5, 5.41) is 16.2. The third-order valence-corrected chi connectivity index (χ3v) is 2.83. The summed E-state index contributed by atoms with van der Waals surface area (Å²) >= 11 is 0. The molecule has 110 valence electrons. The standard InChI is InChI=1S/C10H11F3N4O3/c11-10(12,13)9(1-2-9)16-8(20)15-6-3-14-17(4-6)5-7(18)19/h3-4H,1-2,5H2,(H,18,19)(H2,15,16,20). The largest absolute Gasteiger partial charge is 0.480 e. The maximum Gasteiger partial charge on any atom is 0.411 e. The Labute approximate surface area is 110 Å². The highest BCUT2D eigenvalue weighted by Crippen LogP contribution is 2.48. The second-order valence-electron chi connectivity index (χ2n) is 4.48. The smallest absolute Gasteiger partial charge is 0.411 e. The van der Waals surface area contributed by atoms with E-state index in [9.17, 15) is 22.8 Å². The van der Waals surface area contributed by atoms with Crippen LogP contribution in [0.15, 0.2) is 12.4 Å². The number of alkyl halides is 3. The first-order valence-electron chi connectivity index (χ1n) is 5.62. The first-order chi connectivity index (χ1) is 9.22. The number of hydrogen-bond donors (Lipinski definition) is 3. The van der Waals surface area contributed by atoms with E-state index in [2.05, 4.69) is 10.4 Å². The minimum atomic E-state index is -4.49. The van der Waals surface area contributed by atoms with Crippen molar-refractivity contribution in [2.45, 2.75) is 31.1 Å². The molecule has 0 aromatic carbocycles. The van der Waals surface area contributed by atoms with Crippen molar-refractivity contribution in [2.24, 2.45) is 0 Å². The average Bonchev–Trinajstić information content (AvgIpc) is 2.94. The van der Waals surface area contributed by atoms with E-state index >= 15 is 0 Å². The third-order valence-electron chi connectivity index (χ3n) is 2.83. The molecule has 1 aromatic heterocycles. The molecule has 1 aromatic rings. The number of amides is 2. The first-order valence-corrected chi connectivity index (χ1v) is 5.62. The molecular weight excluding hydrogens is 281 g/mol. The number of carbonyl (C=O) groups is 2. The second-order valence-corrected chi connectivity index (χ2v) is 4.48. The van der Waals surface area contributed by atoms with Gasteiger partial charge in [0.05, 0.1) is 11.9 Å². The highest BCUT2D eigenvalue weighted by atomic mass is 19.4. The summed E-state index contributed by atoms with van der Waals surface area (Å²) in [6.07, 6.45) is -2.43. The van der Waals surface area contributed by atoms with Crippen LogP contribution in [0.5, 0.6) is 0 Å². The number of rotatable bonds is 4. The molecular formula is C10H11F3N4O3. The van der Waals surface area contributed by atoms with Crippen molar-refractivity contribution >= 4 is 17.7 Å². The van der Waals surface area contributed by atoms with E-state index in [1.807, 2.05) is 5.32 Å². The zero-order chi connectivity index (χ0) is 15.0. The summed E-state index contributed by atoms with van der Waals surface area (Å²) in [6, 6.07) is -1.00. The summed E-state index contributed by atoms with van der Waals surface area (Å²) < 4.78 is 38.9. The molecule has 10 heteroatoms. The molecule has 2 rings (SSSR count). The van der Waals surface area contributed by atoms with E-state index < -0.39 is 30.3 Å². The molecule has 0 radical (unpaired) electrons. The van der Waals surface area contributed by atoms with Gasteiger partial charge in [-0.05, 0) is 12.8 Å². The number of nitrogens with one attached hydrogen (secondary N) is 2. The van der Waals surface area contributed by atoms with Gasteiger partial charge in [0.2, 0.25) is 0 Å². The zero-order valence-electron chi connectivity index (χ0n) is 10.1. The maximum absolute atomic E-state index is 12.6. The van der Waals surface area contributed by atoms with Crippen molar-refractivity contribution in [3.63, 3.8) is 0 Å². The van der Waals surface area contributed by atoms with Crippen molar-refractivity contribution in [2.75, 3.05) is 5.32 Å². The molecule has 20 heavy (non-hydrogen) atoms. The number of anilines is 1. The van der Waals surface area contributed by atoms with Crippen LogP contribution in [0.3, 0.4) is 0 Å². The molecule has 0 bridgehead atoms. The number of halogens is 3. The Bertz CT molecular complexity index is 536. The van der Waals surface area contributed by atoms with Crippen molar-refractivity contribution in [3.8, 4) is 0 Å². The summed E-state index contributed by atoms with van der Waals surface area (Å²) in [7, 11) is 0. The van der Waals surface area contributed by atoms with Crippen LogP contribution in [0.1, 0.15) is 12.8 Å². The quantitative estimate of drug-likeness (QED) is 0.776. The Morgan fingerprint density at radius 3 is 2.60 bits per heavy atom. The van der Waals surface area contributed by atoms with Gasteiger partial charge >= 0.3 is 18.2 Å². The topological polar surface area (TPSA) is 96.2 Å². The minimum absolute atomic E-state index is 0.113. The molecule has 1 aliphatic carbocycles. The van der Waals surface area contributed by atoms with Gasteiger partial charge in [-0.2, -0.15) is 18.3 Å². The lowest BCUT2D eigenvalue weighted by atomic mass is 10.2. The summed E-state index contributed by atoms with van der Waals surface area (Å²) in [6.45, 7) is -0.407. The summed E-state index contributed by atoms with van der Waals surface area (Å²) in [4.78, 5) is 21.9. The zero-order valence-corrected chi connectivity index (χ0v) is 10.1. The van der Waals surface area contributed by atoms with Gasteiger partial charge in [0.15, 0.2) is 0 Å². The van der Waals surface area contributed by atoms with Gasteiger partial charge < -0.3 is 15.7 Å². The average molecular weight is 292 g/mol. The van der Waals surface area contributed by atoms with E-state index in [4.69, 9.17) is 5.11 Å². The molecule has 0 unspecified atom stereocenters. The molecule has 0 aliphatic heterocycles. The van der Waals surface area contributed by atoms with E-state index in [1.54, 1.807) is 0 Å². The monoisotopic (exact) mass is 292 g/mol. The Hall–Kier alpha value is -2.26. The minimum Gasteiger partial charge on any atom is -0.480 e. The lowest BCUT2D eigenvalue weighted by Crippen LogP contribution is -2.49. The van der Waals surface area contributed by atoms with Crippen LogP contribution in [0.2, 0.25) is 0 Å². The van der Waals surface area contributed by atoms with Crippen LogP contribution < -0.4 is 10.6 Å². The maximum atomic E-state index is 12.6. The molecule has 0 spiro atoms. The lowest BCUT2D eigenvalue weighted by molar-refractivity contribution is -0.162. The molecule has 3 N–H and O–H groups in total. The first kappa shape index (κ1) is 14.2. The van der Waals surface area contributed by atoms with Gasteiger partial charge in [-0.1, -0.05) is 0 Å². The highest BCUT2D eigenvalue weighted by molar-refractivity contribution is 5.89. The molecule has 1 fully saturated rings. The molecule has 1 saturated carbocycles. The number of nitrogens with zero attached hydrogens (tertiary/aromatic N) is 2. The van der Waals surface area contributed by atoms with Crippen LogP contribution >= 0.6 is 0 Å². The van der Waals surface area contributed by atoms with Gasteiger partial charge in [-0.25, -0.2) is 4.79 Å². The summed E-state index contributed by atoms with van der Waals surface area (Å²) in [5.74, 6) is -1.13. The van der Waals surface area contributed by atoms with E-state index in [0.717, 1.165) is 10.9 Å². The number of carboxylic acids is 1. The normalized spacial score (nSPS) is 16.6. The Kier molecular flexibility index (Phi) is 3.32. The number of urea groups is 1. The van der Waals surface area contributed by atoms with Crippen LogP contribution in [-0.2, 0) is 11.3 Å². The fourth-order valence-electron chi connectivity index (χ4n) is 1.64. The van der Waals surface area contributed by atoms with Crippen molar-refractivity contribution in [1.29, 1.82) is 0 Å². The van der Waals surface area contributed by atoms with E-state index in [0.29, 0.717) is 0 Å². The third kappa shape index (κ3) is 3.00. The lowest BCUT2D eigenvalue weighted by Gasteiger charge is -2.20. The van der Waals surface area contributed by atoms with Crippen molar-refractivity contribution in [3.05, 3.63) is 12.4 Å². The Morgan fingerprint density at radius 2 is 2.10 bits per heavy atom. The van der Waals surface area contributed by atoms with Gasteiger partial charge in [0.25, 0.3) is 0 Å². The van der Waals surface area contributed by atoms with Gasteiger partial charge in [0, 0.05) is 6.20 Å². The fraction of sp³-hybridized carbons (Fsp3) is 0.500. The molecule has 1 heterocycles. The highest BCUT2D eigenvalue weighted by Gasteiger charge is 2.64. The van der Waals surface area contributed by atoms with Gasteiger partial charge in [-0.3, -0.25) is 9.48 Å². The van der Waals surface area contributed by atoms with Crippen molar-refractivity contribution in [1.82, 2.24) is 15.1 Å². The molecule has 7 nitrogen and oxygen atoms in total. The SMILES string of the molecule is O=C(O)Cn1cc(NC(=O)NC2(C(F)(F)F)CC2)cn1. The Morgan fingerprint density at radius 1 is 1.45 bits per heavy atom. The van der Waals surface area contributed by atoms with Crippen LogP contribution in [-0.4, -0.2) is 38.6 Å². The van der Waals surface area contributed by atoms with E-state index in [1.165, 1.54) is 6.20 Å². The summed E-state index contributed by atoms with van der Waals surface area (Å²) in [5.41, 5.74) is -2.03. The van der Waals surface area contributed by atoms with E-state index in [-0.39, 0.29) is 18.5 Å². The van der Waals surface area contributed by atoms with Gasteiger partial charge in [-0.15, -0.1) is 0 Å². The van der Waals surface area contributed by atoms with Crippen LogP contribution in [0, 0.1) is 0 Å². The number of hydrogen-bond acceptors (Lipinski definition) is 3. The van der Waals surface area contributed by atoms with Crippen LogP contribution in [0.4, 0.5) is 23.7 Å². The van der Waals surface area contributed by atoms with Crippen molar-refractivity contribution < 1.29 is 27.9 Å². The molecule has 2 amide bonds. The number of carboxylic acid groups (broad SMARTS) is 1. The fourth-order valence-corrected chi connectivity index (χ4v) is 1.64. The molecule has 1 aliphatic rings. The molecule has 0 atom stereocenters. The molecule has 0 saturated heterocycles. The second kappa shape index (κ2) is 4.69. The Balaban J connectivity index is 1.92. The number of aliphatic carboxylic acids is 1.